The molecule has 2 rings (SSSR count). The van der Waals surface area contributed by atoms with Gasteiger partial charge in [-0.3, -0.25) is 4.79 Å². The van der Waals surface area contributed by atoms with Crippen LogP contribution in [0, 0.1) is 0 Å². The second kappa shape index (κ2) is 3.23. The van der Waals surface area contributed by atoms with Crippen LogP contribution in [0.4, 0.5) is 0 Å². The highest BCUT2D eigenvalue weighted by atomic mass is 16.7. The monoisotopic (exact) mass is 226 g/mol. The molecule has 1 aliphatic carbocycles. The maximum Gasteiger partial charge on any atom is 0.476 e. The molecule has 2 fully saturated rings. The molecule has 2 aliphatic rings. The molecule has 90 valence electrons. The molecule has 0 atom stereocenters. The Morgan fingerprint density at radius 2 is 1.56 bits per heavy atom. The number of esters is 1. The fraction of sp³-hybridized carbons (Fsp3) is 0.909. The Morgan fingerprint density at radius 3 is 1.88 bits per heavy atom. The van der Waals surface area contributed by atoms with Crippen LogP contribution in [0.25, 0.3) is 0 Å². The number of ether oxygens (including phenoxy) is 1. The maximum atomic E-state index is 11.7. The first kappa shape index (κ1) is 11.9. The molecular weight excluding hydrogens is 207 g/mol. The summed E-state index contributed by atoms with van der Waals surface area (Å²) in [4.78, 5) is 11.7. The number of hydrogen-bond donors (Lipinski definition) is 0. The number of hydrogen-bond acceptors (Lipinski definition) is 4. The lowest BCUT2D eigenvalue weighted by atomic mass is 9.68. The van der Waals surface area contributed by atoms with Crippen LogP contribution < -0.4 is 0 Å². The highest BCUT2D eigenvalue weighted by Crippen LogP contribution is 2.60. The van der Waals surface area contributed by atoms with Gasteiger partial charge in [-0.2, -0.15) is 0 Å². The quantitative estimate of drug-likeness (QED) is 0.531. The average molecular weight is 226 g/mol. The first-order valence-electron chi connectivity index (χ1n) is 5.69. The fourth-order valence-electron chi connectivity index (χ4n) is 1.94. The Morgan fingerprint density at radius 1 is 1.12 bits per heavy atom. The van der Waals surface area contributed by atoms with Crippen LogP contribution in [0.1, 0.15) is 40.5 Å². The third kappa shape index (κ3) is 1.49. The zero-order valence-corrected chi connectivity index (χ0v) is 10.6. The van der Waals surface area contributed by atoms with E-state index in [4.69, 9.17) is 14.0 Å². The topological polar surface area (TPSA) is 44.8 Å². The van der Waals surface area contributed by atoms with Gasteiger partial charge >= 0.3 is 13.1 Å². The van der Waals surface area contributed by atoms with Crippen LogP contribution in [-0.2, 0) is 18.8 Å². The number of methoxy groups -OCH3 is 1. The van der Waals surface area contributed by atoms with Crippen molar-refractivity contribution in [1.29, 1.82) is 0 Å². The first-order valence-corrected chi connectivity index (χ1v) is 5.69. The van der Waals surface area contributed by atoms with E-state index < -0.39 is 12.4 Å². The first-order chi connectivity index (χ1) is 7.25. The Labute approximate surface area is 96.8 Å². The van der Waals surface area contributed by atoms with Crippen molar-refractivity contribution in [1.82, 2.24) is 0 Å². The molecule has 16 heavy (non-hydrogen) atoms. The van der Waals surface area contributed by atoms with Gasteiger partial charge in [0.2, 0.25) is 0 Å². The van der Waals surface area contributed by atoms with Gasteiger partial charge in [0.1, 0.15) is 5.31 Å². The molecule has 1 saturated heterocycles. The third-order valence-corrected chi connectivity index (χ3v) is 4.09. The molecular formula is C11H19BO4. The standard InChI is InChI=1S/C11H19BO4/c1-9(2)10(3,4)16-12(15-9)11(6-7-11)8(13)14-5/h6-7H2,1-5H3. The molecule has 0 bridgehead atoms. The van der Waals surface area contributed by atoms with Gasteiger partial charge in [-0.15, -0.1) is 0 Å². The van der Waals surface area contributed by atoms with E-state index in [2.05, 4.69) is 0 Å². The van der Waals surface area contributed by atoms with E-state index in [0.29, 0.717) is 0 Å². The van der Waals surface area contributed by atoms with E-state index in [1.54, 1.807) is 0 Å². The SMILES string of the molecule is COC(=O)C1(B2OC(C)(C)C(C)(C)O2)CC1. The van der Waals surface area contributed by atoms with Crippen molar-refractivity contribution < 1.29 is 18.8 Å². The van der Waals surface area contributed by atoms with Gasteiger partial charge in [0.15, 0.2) is 0 Å². The summed E-state index contributed by atoms with van der Waals surface area (Å²) in [6.07, 6.45) is 1.58. The van der Waals surface area contributed by atoms with Gasteiger partial charge in [0, 0.05) is 0 Å². The van der Waals surface area contributed by atoms with E-state index >= 15 is 0 Å². The average Bonchev–Trinajstić information content (AvgIpc) is 2.91. The summed E-state index contributed by atoms with van der Waals surface area (Å²) in [6.45, 7) is 7.95. The van der Waals surface area contributed by atoms with Crippen LogP contribution in [0.3, 0.4) is 0 Å². The smallest absolute Gasteiger partial charge is 0.469 e. The summed E-state index contributed by atoms with van der Waals surface area (Å²) < 4.78 is 16.6. The minimum atomic E-state index is -0.556. The van der Waals surface area contributed by atoms with Crippen LogP contribution >= 0.6 is 0 Å². The van der Waals surface area contributed by atoms with E-state index in [9.17, 15) is 4.79 Å². The second-order valence-corrected chi connectivity index (χ2v) is 5.74. The molecule has 0 unspecified atom stereocenters. The highest BCUT2D eigenvalue weighted by Gasteiger charge is 2.68. The Balaban J connectivity index is 2.18. The van der Waals surface area contributed by atoms with Gasteiger partial charge in [-0.1, -0.05) is 0 Å². The van der Waals surface area contributed by atoms with E-state index in [1.165, 1.54) is 7.11 Å². The summed E-state index contributed by atoms with van der Waals surface area (Å²) in [7, 11) is 0.943. The molecule has 0 aromatic carbocycles. The lowest BCUT2D eigenvalue weighted by Gasteiger charge is -2.32. The van der Waals surface area contributed by atoms with Crippen LogP contribution in [-0.4, -0.2) is 31.4 Å². The van der Waals surface area contributed by atoms with Crippen LogP contribution in [0.2, 0.25) is 5.31 Å². The predicted octanol–water partition coefficient (Wildman–Crippen LogP) is 1.79. The molecule has 0 spiro atoms. The van der Waals surface area contributed by atoms with Crippen molar-refractivity contribution >= 4 is 13.1 Å². The Bertz CT molecular complexity index is 304. The predicted molar refractivity (Wildman–Crippen MR) is 60.0 cm³/mol. The lowest BCUT2D eigenvalue weighted by Crippen LogP contribution is -2.41. The highest BCUT2D eigenvalue weighted by molar-refractivity contribution is 6.56. The van der Waals surface area contributed by atoms with Gasteiger partial charge < -0.3 is 14.0 Å². The molecule has 0 aromatic heterocycles. The molecule has 0 radical (unpaired) electrons. The molecule has 1 heterocycles. The van der Waals surface area contributed by atoms with Gasteiger partial charge in [0.25, 0.3) is 0 Å². The molecule has 4 nitrogen and oxygen atoms in total. The lowest BCUT2D eigenvalue weighted by molar-refractivity contribution is -0.142. The number of carbonyl (C=O) groups excluding carboxylic acids is 1. The summed E-state index contributed by atoms with van der Waals surface area (Å²) in [5.41, 5.74) is -0.775. The van der Waals surface area contributed by atoms with E-state index in [-0.39, 0.29) is 17.2 Å². The maximum absolute atomic E-state index is 11.7. The van der Waals surface area contributed by atoms with E-state index in [1.807, 2.05) is 27.7 Å². The Hall–Kier alpha value is -0.545. The third-order valence-electron chi connectivity index (χ3n) is 4.09. The zero-order chi connectivity index (χ0) is 12.2. The van der Waals surface area contributed by atoms with Crippen LogP contribution in [0.15, 0.2) is 0 Å². The number of carbonyl (C=O) groups is 1. The van der Waals surface area contributed by atoms with Gasteiger partial charge in [0.05, 0.1) is 18.3 Å². The second-order valence-electron chi connectivity index (χ2n) is 5.74. The molecule has 0 amide bonds. The van der Waals surface area contributed by atoms with Crippen molar-refractivity contribution in [2.45, 2.75) is 57.1 Å². The van der Waals surface area contributed by atoms with Gasteiger partial charge in [-0.05, 0) is 40.5 Å². The number of rotatable bonds is 2. The minimum absolute atomic E-state index is 0.217. The van der Waals surface area contributed by atoms with Crippen molar-refractivity contribution in [3.63, 3.8) is 0 Å². The minimum Gasteiger partial charge on any atom is -0.469 e. The largest absolute Gasteiger partial charge is 0.476 e. The van der Waals surface area contributed by atoms with Crippen LogP contribution in [0.5, 0.6) is 0 Å². The molecule has 1 aliphatic heterocycles. The van der Waals surface area contributed by atoms with E-state index in [0.717, 1.165) is 12.8 Å². The van der Waals surface area contributed by atoms with Crippen molar-refractivity contribution in [2.24, 2.45) is 0 Å². The zero-order valence-electron chi connectivity index (χ0n) is 10.6. The van der Waals surface area contributed by atoms with Crippen molar-refractivity contribution in [2.75, 3.05) is 7.11 Å². The molecule has 1 saturated carbocycles. The Kier molecular flexibility index (Phi) is 2.41. The summed E-state index contributed by atoms with van der Waals surface area (Å²) >= 11 is 0. The fourth-order valence-corrected chi connectivity index (χ4v) is 1.94. The van der Waals surface area contributed by atoms with Crippen molar-refractivity contribution in [3.8, 4) is 0 Å². The summed E-state index contributed by atoms with van der Waals surface area (Å²) in [5.74, 6) is -0.217. The summed E-state index contributed by atoms with van der Waals surface area (Å²) in [5, 5.41) is -0.556. The summed E-state index contributed by atoms with van der Waals surface area (Å²) in [6, 6.07) is 0. The molecule has 0 aromatic rings. The normalized spacial score (nSPS) is 28.9. The molecule has 0 N–H and O–H groups in total. The van der Waals surface area contributed by atoms with Crippen molar-refractivity contribution in [3.05, 3.63) is 0 Å². The van der Waals surface area contributed by atoms with Gasteiger partial charge in [-0.25, -0.2) is 0 Å². The molecule has 5 heteroatoms.